The molecule has 1 N–H and O–H groups in total. The number of anilines is 1. The van der Waals surface area contributed by atoms with E-state index in [2.05, 4.69) is 5.32 Å². The quantitative estimate of drug-likeness (QED) is 0.584. The Morgan fingerprint density at radius 1 is 1.00 bits per heavy atom. The number of nitriles is 1. The summed E-state index contributed by atoms with van der Waals surface area (Å²) in [6, 6.07) is 14.8. The molecular formula is C21H20N2O5. The first kappa shape index (κ1) is 20.6. The zero-order valence-corrected chi connectivity index (χ0v) is 15.8. The molecule has 0 heterocycles. The number of esters is 1. The van der Waals surface area contributed by atoms with E-state index in [1.807, 2.05) is 6.07 Å². The third kappa shape index (κ3) is 5.42. The van der Waals surface area contributed by atoms with Gasteiger partial charge in [-0.2, -0.15) is 5.26 Å². The van der Waals surface area contributed by atoms with Crippen molar-refractivity contribution in [1.29, 1.82) is 5.26 Å². The molecule has 0 saturated heterocycles. The van der Waals surface area contributed by atoms with E-state index in [0.29, 0.717) is 22.6 Å². The van der Waals surface area contributed by atoms with Crippen molar-refractivity contribution in [3.63, 3.8) is 0 Å². The fourth-order valence-electron chi connectivity index (χ4n) is 2.32. The molecule has 2 rings (SSSR count). The van der Waals surface area contributed by atoms with Crippen molar-refractivity contribution in [2.75, 3.05) is 5.32 Å². The van der Waals surface area contributed by atoms with Crippen molar-refractivity contribution in [3.05, 3.63) is 59.7 Å². The number of carbonyl (C=O) groups excluding carboxylic acids is 3. The number of para-hydroxylation sites is 1. The van der Waals surface area contributed by atoms with Gasteiger partial charge in [0.05, 0.1) is 17.3 Å². The van der Waals surface area contributed by atoms with E-state index >= 15 is 0 Å². The lowest BCUT2D eigenvalue weighted by molar-refractivity contribution is -0.159. The minimum Gasteiger partial charge on any atom is -0.479 e. The SMILES string of the molecule is CC(=O)c1ccccc1NC(=O)[C@@H](C)OC(=O)[C@H](C)Oc1ccc(C#N)cc1. The van der Waals surface area contributed by atoms with Crippen LogP contribution in [0.1, 0.15) is 36.7 Å². The molecule has 0 aliphatic rings. The molecule has 0 radical (unpaired) electrons. The summed E-state index contributed by atoms with van der Waals surface area (Å²) in [6.45, 7) is 4.32. The lowest BCUT2D eigenvalue weighted by Gasteiger charge is -2.18. The van der Waals surface area contributed by atoms with Gasteiger partial charge in [0.2, 0.25) is 0 Å². The molecule has 0 bridgehead atoms. The predicted octanol–water partition coefficient (Wildman–Crippen LogP) is 3.10. The van der Waals surface area contributed by atoms with Gasteiger partial charge in [-0.15, -0.1) is 0 Å². The van der Waals surface area contributed by atoms with Crippen LogP contribution in [-0.4, -0.2) is 29.9 Å². The van der Waals surface area contributed by atoms with E-state index in [-0.39, 0.29) is 5.78 Å². The van der Waals surface area contributed by atoms with E-state index in [9.17, 15) is 14.4 Å². The van der Waals surface area contributed by atoms with Crippen molar-refractivity contribution in [3.8, 4) is 11.8 Å². The second-order valence-corrected chi connectivity index (χ2v) is 6.07. The molecule has 28 heavy (non-hydrogen) atoms. The molecule has 0 spiro atoms. The summed E-state index contributed by atoms with van der Waals surface area (Å²) in [5, 5.41) is 11.4. The van der Waals surface area contributed by atoms with Crippen molar-refractivity contribution in [2.45, 2.75) is 33.0 Å². The maximum atomic E-state index is 12.3. The number of Topliss-reactive ketones (excluding diaryl/α,β-unsaturated/α-hetero) is 1. The predicted molar refractivity (Wildman–Crippen MR) is 102 cm³/mol. The molecular weight excluding hydrogens is 360 g/mol. The van der Waals surface area contributed by atoms with E-state index in [4.69, 9.17) is 14.7 Å². The van der Waals surface area contributed by atoms with E-state index in [1.165, 1.54) is 20.8 Å². The average Bonchev–Trinajstić information content (AvgIpc) is 2.68. The van der Waals surface area contributed by atoms with Crippen LogP contribution < -0.4 is 10.1 Å². The number of ether oxygens (including phenoxy) is 2. The highest BCUT2D eigenvalue weighted by atomic mass is 16.6. The van der Waals surface area contributed by atoms with Crippen LogP contribution >= 0.6 is 0 Å². The van der Waals surface area contributed by atoms with Gasteiger partial charge in [0, 0.05) is 5.56 Å². The number of rotatable bonds is 7. The molecule has 7 nitrogen and oxygen atoms in total. The van der Waals surface area contributed by atoms with Crippen LogP contribution in [0.25, 0.3) is 0 Å². The van der Waals surface area contributed by atoms with Gasteiger partial charge in [-0.05, 0) is 57.2 Å². The third-order valence-corrected chi connectivity index (χ3v) is 3.85. The van der Waals surface area contributed by atoms with Gasteiger partial charge in [0.15, 0.2) is 18.0 Å². The van der Waals surface area contributed by atoms with Gasteiger partial charge in [0.25, 0.3) is 5.91 Å². The number of nitrogens with zero attached hydrogens (tertiary/aromatic N) is 1. The average molecular weight is 380 g/mol. The molecule has 0 aliphatic carbocycles. The highest BCUT2D eigenvalue weighted by Crippen LogP contribution is 2.17. The number of amides is 1. The highest BCUT2D eigenvalue weighted by molar-refractivity contribution is 6.04. The Kier molecular flexibility index (Phi) is 6.88. The minimum atomic E-state index is -1.08. The smallest absolute Gasteiger partial charge is 0.347 e. The molecule has 144 valence electrons. The first-order chi connectivity index (χ1) is 13.3. The minimum absolute atomic E-state index is 0.190. The van der Waals surface area contributed by atoms with Gasteiger partial charge >= 0.3 is 5.97 Å². The van der Waals surface area contributed by atoms with Gasteiger partial charge in [-0.1, -0.05) is 12.1 Å². The molecule has 0 aliphatic heterocycles. The van der Waals surface area contributed by atoms with Gasteiger partial charge in [0.1, 0.15) is 5.75 Å². The fraction of sp³-hybridized carbons (Fsp3) is 0.238. The number of hydrogen-bond donors (Lipinski definition) is 1. The lowest BCUT2D eigenvalue weighted by atomic mass is 10.1. The summed E-state index contributed by atoms with van der Waals surface area (Å²) in [5.74, 6) is -1.07. The Labute approximate surface area is 162 Å². The van der Waals surface area contributed by atoms with Gasteiger partial charge in [-0.3, -0.25) is 9.59 Å². The molecule has 2 atom stereocenters. The maximum absolute atomic E-state index is 12.3. The van der Waals surface area contributed by atoms with E-state index in [1.54, 1.807) is 48.5 Å². The number of nitrogens with one attached hydrogen (secondary N) is 1. The molecule has 0 fully saturated rings. The first-order valence-electron chi connectivity index (χ1n) is 8.60. The van der Waals surface area contributed by atoms with Crippen LogP contribution in [-0.2, 0) is 14.3 Å². The monoisotopic (exact) mass is 380 g/mol. The Hall–Kier alpha value is -3.66. The Balaban J connectivity index is 1.94. The molecule has 1 amide bonds. The van der Waals surface area contributed by atoms with Crippen LogP contribution in [0, 0.1) is 11.3 Å². The number of carbonyl (C=O) groups is 3. The second kappa shape index (κ2) is 9.33. The van der Waals surface area contributed by atoms with Crippen LogP contribution in [0.2, 0.25) is 0 Å². The molecule has 2 aromatic rings. The number of ketones is 1. The highest BCUT2D eigenvalue weighted by Gasteiger charge is 2.24. The van der Waals surface area contributed by atoms with Crippen LogP contribution in [0.5, 0.6) is 5.75 Å². The topological polar surface area (TPSA) is 105 Å². The molecule has 0 aromatic heterocycles. The summed E-state index contributed by atoms with van der Waals surface area (Å²) < 4.78 is 10.6. The van der Waals surface area contributed by atoms with Crippen molar-refractivity contribution in [2.24, 2.45) is 0 Å². The summed E-state index contributed by atoms with van der Waals surface area (Å²) in [4.78, 5) is 36.1. The first-order valence-corrected chi connectivity index (χ1v) is 8.60. The van der Waals surface area contributed by atoms with Crippen LogP contribution in [0.15, 0.2) is 48.5 Å². The Morgan fingerprint density at radius 2 is 1.64 bits per heavy atom. The Bertz CT molecular complexity index is 915. The van der Waals surface area contributed by atoms with Gasteiger partial charge in [-0.25, -0.2) is 4.79 Å². The van der Waals surface area contributed by atoms with E-state index in [0.717, 1.165) is 0 Å². The molecule has 2 aromatic carbocycles. The standard InChI is InChI=1S/C21H20N2O5/c1-13(24)18-6-4-5-7-19(18)23-20(25)14(2)28-21(26)15(3)27-17-10-8-16(12-22)9-11-17/h4-11,14-15H,1-3H3,(H,23,25)/t14-,15+/m1/s1. The largest absolute Gasteiger partial charge is 0.479 e. The molecule has 0 saturated carbocycles. The van der Waals surface area contributed by atoms with Gasteiger partial charge < -0.3 is 14.8 Å². The van der Waals surface area contributed by atoms with Crippen LogP contribution in [0.4, 0.5) is 5.69 Å². The summed E-state index contributed by atoms with van der Waals surface area (Å²) >= 11 is 0. The number of hydrogen-bond acceptors (Lipinski definition) is 6. The van der Waals surface area contributed by atoms with E-state index < -0.39 is 24.1 Å². The van der Waals surface area contributed by atoms with Crippen molar-refractivity contribution < 1.29 is 23.9 Å². The Morgan fingerprint density at radius 3 is 2.25 bits per heavy atom. The van der Waals surface area contributed by atoms with Crippen molar-refractivity contribution in [1.82, 2.24) is 0 Å². The number of benzene rings is 2. The second-order valence-electron chi connectivity index (χ2n) is 6.07. The third-order valence-electron chi connectivity index (χ3n) is 3.85. The lowest BCUT2D eigenvalue weighted by Crippen LogP contribution is -2.35. The summed E-state index contributed by atoms with van der Waals surface area (Å²) in [7, 11) is 0. The maximum Gasteiger partial charge on any atom is 0.347 e. The summed E-state index contributed by atoms with van der Waals surface area (Å²) in [6.07, 6.45) is -2.03. The van der Waals surface area contributed by atoms with Crippen LogP contribution in [0.3, 0.4) is 0 Å². The zero-order valence-electron chi connectivity index (χ0n) is 15.8. The summed E-state index contributed by atoms with van der Waals surface area (Å²) in [5.41, 5.74) is 1.19. The fourth-order valence-corrected chi connectivity index (χ4v) is 2.32. The molecule has 7 heteroatoms. The zero-order chi connectivity index (χ0) is 20.7. The normalized spacial score (nSPS) is 12.2. The van der Waals surface area contributed by atoms with Crippen molar-refractivity contribution >= 4 is 23.3 Å². The molecule has 0 unspecified atom stereocenters.